The quantitative estimate of drug-likeness (QED) is 0.270. The smallest absolute Gasteiger partial charge is 0.255 e. The highest BCUT2D eigenvalue weighted by Crippen LogP contribution is 2.48. The van der Waals surface area contributed by atoms with Crippen molar-refractivity contribution in [3.63, 3.8) is 0 Å². The molecule has 6 aliphatic heterocycles. The fraction of sp³-hybridized carbons (Fsp3) is 0.465. The highest BCUT2D eigenvalue weighted by Gasteiger charge is 2.47. The van der Waals surface area contributed by atoms with Crippen LogP contribution < -0.4 is 20.0 Å². The zero-order valence-corrected chi connectivity index (χ0v) is 32.5. The van der Waals surface area contributed by atoms with Crippen molar-refractivity contribution in [3.8, 4) is 0 Å². The summed E-state index contributed by atoms with van der Waals surface area (Å²) in [7, 11) is 0. The first-order valence-corrected chi connectivity index (χ1v) is 20.3. The number of amides is 4. The van der Waals surface area contributed by atoms with Crippen molar-refractivity contribution in [2.24, 2.45) is 5.41 Å². The normalized spacial score (nSPS) is 24.0. The van der Waals surface area contributed by atoms with Crippen LogP contribution in [0.25, 0.3) is 4.85 Å². The number of imide groups is 1. The van der Waals surface area contributed by atoms with Crippen LogP contribution in [0.2, 0.25) is 5.02 Å². The van der Waals surface area contributed by atoms with Crippen LogP contribution in [0.4, 0.5) is 22.7 Å². The molecule has 0 saturated carbocycles. The van der Waals surface area contributed by atoms with Crippen LogP contribution >= 0.6 is 11.6 Å². The molecular weight excluding hydrogens is 728 g/mol. The molecule has 6 heterocycles. The molecule has 4 amide bonds. The predicted molar refractivity (Wildman–Crippen MR) is 215 cm³/mol. The minimum Gasteiger partial charge on any atom is -0.371 e. The van der Waals surface area contributed by atoms with Crippen LogP contribution in [0.3, 0.4) is 0 Å². The van der Waals surface area contributed by atoms with Crippen molar-refractivity contribution in [2.75, 3.05) is 73.6 Å². The lowest BCUT2D eigenvalue weighted by Gasteiger charge is -2.49. The van der Waals surface area contributed by atoms with E-state index in [2.05, 4.69) is 54.9 Å². The van der Waals surface area contributed by atoms with Crippen LogP contribution in [-0.4, -0.2) is 115 Å². The van der Waals surface area contributed by atoms with Crippen molar-refractivity contribution in [2.45, 2.75) is 63.7 Å². The molecule has 9 rings (SSSR count). The second kappa shape index (κ2) is 14.4. The first kappa shape index (κ1) is 36.5. The summed E-state index contributed by atoms with van der Waals surface area (Å²) in [5, 5.41) is 2.88. The third-order valence-electron chi connectivity index (χ3n) is 13.7. The van der Waals surface area contributed by atoms with Gasteiger partial charge in [-0.1, -0.05) is 23.7 Å². The molecule has 56 heavy (non-hydrogen) atoms. The highest BCUT2D eigenvalue weighted by molar-refractivity contribution is 6.33. The van der Waals surface area contributed by atoms with E-state index in [0.717, 1.165) is 87.6 Å². The Morgan fingerprint density at radius 3 is 2.21 bits per heavy atom. The topological polar surface area (TPSA) is 104 Å². The average Bonchev–Trinajstić information content (AvgIpc) is 3.69. The number of carbonyl (C=O) groups is 4. The van der Waals surface area contributed by atoms with Gasteiger partial charge in [-0.2, -0.15) is 0 Å². The fourth-order valence-corrected chi connectivity index (χ4v) is 10.2. The average molecular weight is 775 g/mol. The number of carbonyl (C=O) groups excluding carboxylic acids is 4. The number of benzene rings is 3. The summed E-state index contributed by atoms with van der Waals surface area (Å²) in [5.74, 6) is -0.740. The summed E-state index contributed by atoms with van der Waals surface area (Å²) >= 11 is 6.39. The van der Waals surface area contributed by atoms with Crippen molar-refractivity contribution in [3.05, 3.63) is 93.8 Å². The van der Waals surface area contributed by atoms with Gasteiger partial charge in [-0.15, -0.1) is 0 Å². The Morgan fingerprint density at radius 2 is 1.52 bits per heavy atom. The second-order valence-electron chi connectivity index (χ2n) is 16.4. The zero-order valence-electron chi connectivity index (χ0n) is 31.8. The molecular formula is C43H47ClN8O4. The summed E-state index contributed by atoms with van der Waals surface area (Å²) in [6, 6.07) is 20.1. The maximum absolute atomic E-state index is 13.6. The van der Waals surface area contributed by atoms with Gasteiger partial charge in [-0.05, 0) is 92.1 Å². The van der Waals surface area contributed by atoms with Crippen molar-refractivity contribution >= 4 is 58.0 Å². The number of nitrogens with zero attached hydrogens (tertiary/aromatic N) is 7. The first-order chi connectivity index (χ1) is 27.1. The van der Waals surface area contributed by atoms with Gasteiger partial charge in [0.25, 0.3) is 11.8 Å². The number of nitrogens with one attached hydrogen (secondary N) is 1. The molecule has 5 fully saturated rings. The van der Waals surface area contributed by atoms with Gasteiger partial charge in [0.2, 0.25) is 17.5 Å². The molecule has 3 aromatic rings. The third kappa shape index (κ3) is 6.44. The minimum absolute atomic E-state index is 0.0857. The summed E-state index contributed by atoms with van der Waals surface area (Å²) in [6.07, 6.45) is 3.97. The lowest BCUT2D eigenvalue weighted by molar-refractivity contribution is -0.136. The number of anilines is 3. The third-order valence-corrected chi connectivity index (χ3v) is 14.0. The van der Waals surface area contributed by atoms with Gasteiger partial charge in [0, 0.05) is 117 Å². The molecule has 0 radical (unpaired) electrons. The molecule has 13 heteroatoms. The summed E-state index contributed by atoms with van der Waals surface area (Å²) in [5.41, 5.74) is 6.30. The van der Waals surface area contributed by atoms with Gasteiger partial charge in [0.15, 0.2) is 0 Å². The summed E-state index contributed by atoms with van der Waals surface area (Å²) < 4.78 is 0. The van der Waals surface area contributed by atoms with E-state index in [1.165, 1.54) is 5.69 Å². The minimum atomic E-state index is -0.610. The van der Waals surface area contributed by atoms with Gasteiger partial charge >= 0.3 is 0 Å². The number of halogens is 1. The molecule has 1 spiro atoms. The van der Waals surface area contributed by atoms with Gasteiger partial charge in [-0.3, -0.25) is 29.4 Å². The number of fused-ring (bicyclic) bond motifs is 1. The number of piperazine rings is 1. The molecule has 2 atom stereocenters. The van der Waals surface area contributed by atoms with E-state index in [1.54, 1.807) is 4.90 Å². The van der Waals surface area contributed by atoms with Crippen molar-refractivity contribution < 1.29 is 19.2 Å². The van der Waals surface area contributed by atoms with Crippen molar-refractivity contribution in [1.82, 2.24) is 20.0 Å². The van der Waals surface area contributed by atoms with Crippen molar-refractivity contribution in [1.29, 1.82) is 0 Å². The molecule has 0 aromatic heterocycles. The van der Waals surface area contributed by atoms with E-state index in [9.17, 15) is 19.2 Å². The molecule has 1 N–H and O–H groups in total. The standard InChI is InChI=1S/C43H47ClN8O4/c1-28-43(15-18-51(28)33-9-10-37(45-2)36(44)24-33)13-16-47(17-14-43)31-6-3-29(4-7-31)41(55)49-21-19-48(20-22-49)34-26-50(27-34)32-8-5-30-25-52(42(56)35(30)23-32)38-11-12-39(53)46-40(38)54/h3-10,23-24,28,34,38H,11-22,25-27H2,1H3,(H,46,53,54). The van der Waals surface area contributed by atoms with E-state index in [4.69, 9.17) is 18.2 Å². The maximum atomic E-state index is 13.6. The van der Waals surface area contributed by atoms with Gasteiger partial charge in [0.05, 0.1) is 6.57 Å². The van der Waals surface area contributed by atoms with Gasteiger partial charge in [-0.25, -0.2) is 4.85 Å². The molecule has 12 nitrogen and oxygen atoms in total. The zero-order chi connectivity index (χ0) is 38.7. The van der Waals surface area contributed by atoms with Crippen LogP contribution in [0.15, 0.2) is 60.7 Å². The molecule has 0 bridgehead atoms. The summed E-state index contributed by atoms with van der Waals surface area (Å²) in [6.45, 7) is 17.8. The Kier molecular flexibility index (Phi) is 9.41. The number of hydrogen-bond acceptors (Lipinski definition) is 8. The molecule has 6 aliphatic rings. The Hall–Kier alpha value is -5.12. The van der Waals surface area contributed by atoms with Crippen LogP contribution in [-0.2, 0) is 16.1 Å². The largest absolute Gasteiger partial charge is 0.371 e. The van der Waals surface area contributed by atoms with Crippen LogP contribution in [0.5, 0.6) is 0 Å². The molecule has 3 aromatic carbocycles. The molecule has 0 aliphatic carbocycles. The number of hydrogen-bond donors (Lipinski definition) is 1. The van der Waals surface area contributed by atoms with Gasteiger partial charge in [0.1, 0.15) is 6.04 Å². The van der Waals surface area contributed by atoms with Crippen LogP contribution in [0.1, 0.15) is 65.3 Å². The molecule has 2 unspecified atom stereocenters. The van der Waals surface area contributed by atoms with E-state index in [1.807, 2.05) is 47.4 Å². The highest BCUT2D eigenvalue weighted by atomic mass is 35.5. The van der Waals surface area contributed by atoms with E-state index in [-0.39, 0.29) is 29.6 Å². The lowest BCUT2D eigenvalue weighted by atomic mass is 9.73. The number of rotatable bonds is 6. The first-order valence-electron chi connectivity index (χ1n) is 20.0. The van der Waals surface area contributed by atoms with E-state index < -0.39 is 11.9 Å². The molecule has 290 valence electrons. The van der Waals surface area contributed by atoms with E-state index in [0.29, 0.717) is 54.4 Å². The summed E-state index contributed by atoms with van der Waals surface area (Å²) in [4.78, 5) is 67.6. The Bertz CT molecular complexity index is 2110. The lowest BCUT2D eigenvalue weighted by Crippen LogP contribution is -2.63. The maximum Gasteiger partial charge on any atom is 0.255 e. The number of piperidine rings is 2. The van der Waals surface area contributed by atoms with Gasteiger partial charge < -0.3 is 24.5 Å². The van der Waals surface area contributed by atoms with Crippen LogP contribution in [0, 0.1) is 12.0 Å². The van der Waals surface area contributed by atoms with E-state index >= 15 is 0 Å². The molecule has 5 saturated heterocycles. The Morgan fingerprint density at radius 1 is 0.821 bits per heavy atom. The fourth-order valence-electron chi connectivity index (χ4n) is 10.00. The predicted octanol–water partition coefficient (Wildman–Crippen LogP) is 5.18. The SMILES string of the molecule is [C-]#[N+]c1ccc(N2CCC3(CCN(c4ccc(C(=O)N5CCN(C6CN(c7ccc8c(c7)C(=O)N(C7CCC(=O)NC7=O)C8)C6)CC5)cc4)CC3)C2C)cc1Cl. The monoisotopic (exact) mass is 774 g/mol. The Balaban J connectivity index is 0.735. The second-order valence-corrected chi connectivity index (χ2v) is 16.8. The Labute approximate surface area is 332 Å².